The van der Waals surface area contributed by atoms with E-state index in [9.17, 15) is 0 Å². The van der Waals surface area contributed by atoms with Crippen LogP contribution in [0.4, 0.5) is 4.70 Å². The third-order valence-corrected chi connectivity index (χ3v) is 5.20. The first-order valence-electron chi connectivity index (χ1n) is 2.94. The second kappa shape index (κ2) is 3.23. The lowest BCUT2D eigenvalue weighted by Gasteiger charge is -2.19. The van der Waals surface area contributed by atoms with E-state index in [2.05, 4.69) is 33.5 Å². The molecule has 0 rings (SSSR count). The predicted molar refractivity (Wildman–Crippen MR) is 40.9 cm³/mol. The molecule has 0 atom stereocenters. The smallest absolute Gasteiger partial charge is 0.0468 e. The maximum Gasteiger partial charge on any atom is 0.0468 e. The first-order chi connectivity index (χ1) is 2.94. The van der Waals surface area contributed by atoms with Crippen LogP contribution in [0.5, 0.6) is 0 Å². The van der Waals surface area contributed by atoms with E-state index in [0.29, 0.717) is 0 Å². The van der Waals surface area contributed by atoms with E-state index >= 15 is 0 Å². The highest BCUT2D eigenvalue weighted by molar-refractivity contribution is 6.77. The van der Waals surface area contributed by atoms with E-state index in [1.807, 2.05) is 0 Å². The lowest BCUT2D eigenvalue weighted by atomic mass is 10.6. The zero-order valence-corrected chi connectivity index (χ0v) is 7.49. The summed E-state index contributed by atoms with van der Waals surface area (Å²) in [6.45, 7) is 11.8. The molecule has 0 fully saturated rings. The van der Waals surface area contributed by atoms with Gasteiger partial charge in [0.15, 0.2) is 0 Å². The second-order valence-electron chi connectivity index (χ2n) is 3.52. The lowest BCUT2D eigenvalue weighted by Crippen LogP contribution is -2.23. The summed E-state index contributed by atoms with van der Waals surface area (Å²) >= 11 is 0. The van der Waals surface area contributed by atoms with Crippen LogP contribution >= 0.6 is 0 Å². The Bertz CT molecular complexity index is 54.0. The van der Waals surface area contributed by atoms with Crippen molar-refractivity contribution >= 4 is 8.07 Å². The van der Waals surface area contributed by atoms with Crippen LogP contribution in [0.25, 0.3) is 0 Å². The van der Waals surface area contributed by atoms with Gasteiger partial charge in [0.1, 0.15) is 0 Å². The van der Waals surface area contributed by atoms with Gasteiger partial charge >= 0.3 is 0 Å². The predicted octanol–water partition coefficient (Wildman–Crippen LogP) is 2.89. The van der Waals surface area contributed by atoms with E-state index in [1.165, 1.54) is 0 Å². The minimum absolute atomic E-state index is 0. The molecule has 8 heavy (non-hydrogen) atoms. The van der Waals surface area contributed by atoms with Gasteiger partial charge in [0.25, 0.3) is 0 Å². The summed E-state index contributed by atoms with van der Waals surface area (Å²) in [4.78, 5) is 0. The summed E-state index contributed by atoms with van der Waals surface area (Å²) < 4.78 is 0. The lowest BCUT2D eigenvalue weighted by molar-refractivity contribution is 1.01. The van der Waals surface area contributed by atoms with Crippen molar-refractivity contribution in [3.8, 4) is 0 Å². The summed E-state index contributed by atoms with van der Waals surface area (Å²) in [5.74, 6) is 0. The molecular formula is C6H17FSi. The van der Waals surface area contributed by atoms with Crippen molar-refractivity contribution in [1.82, 2.24) is 0 Å². The molecule has 0 aromatic carbocycles. The first-order valence-corrected chi connectivity index (χ1v) is 6.52. The Balaban J connectivity index is 0. The molecule has 0 amide bonds. The molecule has 52 valence electrons. The van der Waals surface area contributed by atoms with E-state index in [1.54, 1.807) is 0 Å². The highest BCUT2D eigenvalue weighted by Crippen LogP contribution is 2.18. The summed E-state index contributed by atoms with van der Waals surface area (Å²) in [6.07, 6.45) is 0. The second-order valence-corrected chi connectivity index (χ2v) is 9.41. The molecule has 0 radical (unpaired) electrons. The molecule has 0 aromatic heterocycles. The van der Waals surface area contributed by atoms with Crippen molar-refractivity contribution in [1.29, 1.82) is 0 Å². The molecule has 0 N–H and O–H groups in total. The van der Waals surface area contributed by atoms with Gasteiger partial charge in [-0.1, -0.05) is 39.0 Å². The highest BCUT2D eigenvalue weighted by Gasteiger charge is 2.16. The van der Waals surface area contributed by atoms with Crippen LogP contribution in [-0.2, 0) is 0 Å². The van der Waals surface area contributed by atoms with Gasteiger partial charge in [-0.2, -0.15) is 0 Å². The maximum atomic E-state index is 2.40. The number of rotatable bonds is 1. The molecule has 0 unspecified atom stereocenters. The van der Waals surface area contributed by atoms with Gasteiger partial charge in [0, 0.05) is 8.07 Å². The summed E-state index contributed by atoms with van der Waals surface area (Å²) in [7, 11) is -0.735. The largest absolute Gasteiger partial charge is 0.269 e. The fourth-order valence-corrected chi connectivity index (χ4v) is 0. The average Bonchev–Trinajstić information content (AvgIpc) is 1.31. The Morgan fingerprint density at radius 2 is 1.12 bits per heavy atom. The van der Waals surface area contributed by atoms with Crippen LogP contribution in [0.2, 0.25) is 25.2 Å². The van der Waals surface area contributed by atoms with Crippen molar-refractivity contribution in [2.45, 2.75) is 39.0 Å². The average molecular weight is 136 g/mol. The van der Waals surface area contributed by atoms with Crippen LogP contribution < -0.4 is 0 Å². The van der Waals surface area contributed by atoms with E-state index in [0.717, 1.165) is 5.54 Å². The van der Waals surface area contributed by atoms with Crippen molar-refractivity contribution < 1.29 is 4.70 Å². The van der Waals surface area contributed by atoms with Gasteiger partial charge in [-0.05, 0) is 0 Å². The molecule has 0 nitrogen and oxygen atoms in total. The number of hydrogen-bond donors (Lipinski definition) is 0. The summed E-state index contributed by atoms with van der Waals surface area (Å²) in [6, 6.07) is 0. The molecule has 0 saturated carbocycles. The Labute approximate surface area is 52.7 Å². The molecule has 0 spiro atoms. The van der Waals surface area contributed by atoms with Gasteiger partial charge in [0.05, 0.1) is 0 Å². The normalized spacial score (nSPS) is 11.2. The standard InChI is InChI=1S/C6H16Si.FH/c1-6(2)7(3,4)5;/h6H,1-5H3;1H. The Kier molecular flexibility index (Phi) is 4.44. The van der Waals surface area contributed by atoms with Crippen LogP contribution in [0.15, 0.2) is 0 Å². The van der Waals surface area contributed by atoms with E-state index in [-0.39, 0.29) is 4.70 Å². The summed E-state index contributed by atoms with van der Waals surface area (Å²) in [5.41, 5.74) is 0.937. The summed E-state index contributed by atoms with van der Waals surface area (Å²) in [5, 5.41) is 0. The first kappa shape index (κ1) is 11.0. The van der Waals surface area contributed by atoms with Crippen LogP contribution in [-0.4, -0.2) is 8.07 Å². The minimum atomic E-state index is -0.735. The van der Waals surface area contributed by atoms with Gasteiger partial charge in [0.2, 0.25) is 0 Å². The zero-order valence-electron chi connectivity index (χ0n) is 6.49. The van der Waals surface area contributed by atoms with Gasteiger partial charge < -0.3 is 0 Å². The molecule has 0 aliphatic heterocycles. The Hall–Kier alpha value is 0.147. The highest BCUT2D eigenvalue weighted by atomic mass is 28.3. The van der Waals surface area contributed by atoms with E-state index < -0.39 is 8.07 Å². The van der Waals surface area contributed by atoms with E-state index in [4.69, 9.17) is 0 Å². The molecular weight excluding hydrogens is 119 g/mol. The molecule has 0 heterocycles. The van der Waals surface area contributed by atoms with Crippen molar-refractivity contribution in [3.63, 3.8) is 0 Å². The molecule has 0 saturated heterocycles. The molecule has 0 aromatic rings. The Morgan fingerprint density at radius 1 is 1.00 bits per heavy atom. The van der Waals surface area contributed by atoms with Gasteiger partial charge in [-0.15, -0.1) is 0 Å². The van der Waals surface area contributed by atoms with Crippen molar-refractivity contribution in [2.24, 2.45) is 0 Å². The molecule has 0 aliphatic carbocycles. The molecule has 0 aliphatic rings. The fourth-order valence-electron chi connectivity index (χ4n) is 0. The van der Waals surface area contributed by atoms with Crippen LogP contribution in [0.1, 0.15) is 13.8 Å². The Morgan fingerprint density at radius 3 is 1.12 bits per heavy atom. The number of halogens is 1. The minimum Gasteiger partial charge on any atom is -0.269 e. The quantitative estimate of drug-likeness (QED) is 0.486. The monoisotopic (exact) mass is 136 g/mol. The van der Waals surface area contributed by atoms with Crippen molar-refractivity contribution in [3.05, 3.63) is 0 Å². The maximum absolute atomic E-state index is 2.40. The molecule has 0 bridgehead atoms. The zero-order chi connectivity index (χ0) is 6.08. The third kappa shape index (κ3) is 4.31. The number of hydrogen-bond acceptors (Lipinski definition) is 0. The fraction of sp³-hybridized carbons (Fsp3) is 1.00. The SMILES string of the molecule is CC(C)[Si](C)(C)C.F. The van der Waals surface area contributed by atoms with Crippen LogP contribution in [0.3, 0.4) is 0 Å². The van der Waals surface area contributed by atoms with Crippen molar-refractivity contribution in [2.75, 3.05) is 0 Å². The third-order valence-electron chi connectivity index (χ3n) is 1.73. The molecule has 2 heteroatoms. The van der Waals surface area contributed by atoms with Gasteiger partial charge in [-0.25, -0.2) is 0 Å². The van der Waals surface area contributed by atoms with Crippen LogP contribution in [0, 0.1) is 0 Å². The topological polar surface area (TPSA) is 0 Å². The van der Waals surface area contributed by atoms with Gasteiger partial charge in [-0.3, -0.25) is 4.70 Å².